The number of nitrogens with zero attached hydrogens (tertiary/aromatic N) is 1. The van der Waals surface area contributed by atoms with Gasteiger partial charge in [-0.05, 0) is 6.92 Å². The minimum atomic E-state index is -0.112. The summed E-state index contributed by atoms with van der Waals surface area (Å²) in [5.74, 6) is 0.487. The molecule has 3 heteroatoms. The fourth-order valence-electron chi connectivity index (χ4n) is 1.25. The summed E-state index contributed by atoms with van der Waals surface area (Å²) in [4.78, 5) is 0. The molecule has 0 radical (unpaired) electrons. The smallest absolute Gasteiger partial charge is 0.162 e. The van der Waals surface area contributed by atoms with E-state index in [-0.39, 0.29) is 6.61 Å². The number of aryl methyl sites for hydroxylation is 1. The maximum Gasteiger partial charge on any atom is 0.162 e. The van der Waals surface area contributed by atoms with Crippen molar-refractivity contribution in [2.24, 2.45) is 0 Å². The van der Waals surface area contributed by atoms with Crippen LogP contribution in [0, 0.1) is 6.92 Å². The number of aliphatic hydroxyl groups is 1. The highest BCUT2D eigenvalue weighted by molar-refractivity contribution is 5.58. The molecule has 14 heavy (non-hydrogen) atoms. The number of aliphatic hydroxyl groups excluding tert-OH is 1. The van der Waals surface area contributed by atoms with E-state index in [2.05, 4.69) is 5.16 Å². The zero-order chi connectivity index (χ0) is 9.97. The van der Waals surface area contributed by atoms with Crippen LogP contribution in [-0.4, -0.2) is 10.3 Å². The van der Waals surface area contributed by atoms with E-state index in [1.807, 2.05) is 31.2 Å². The predicted molar refractivity (Wildman–Crippen MR) is 52.6 cm³/mol. The second-order valence-corrected chi connectivity index (χ2v) is 3.20. The largest absolute Gasteiger partial charge is 0.388 e. The van der Waals surface area contributed by atoms with Crippen molar-refractivity contribution in [3.8, 4) is 11.3 Å². The van der Waals surface area contributed by atoms with Crippen LogP contribution in [0.4, 0.5) is 0 Å². The number of rotatable bonds is 2. The zero-order valence-electron chi connectivity index (χ0n) is 7.90. The maximum atomic E-state index is 8.81. The standard InChI is InChI=1S/C11H11NO2/c1-8-2-4-9(5-3-8)11-6-10(7-13)14-12-11/h2-6,13H,7H2,1H3. The Hall–Kier alpha value is -1.61. The van der Waals surface area contributed by atoms with Gasteiger partial charge in [-0.15, -0.1) is 0 Å². The average molecular weight is 189 g/mol. The third-order valence-electron chi connectivity index (χ3n) is 2.06. The summed E-state index contributed by atoms with van der Waals surface area (Å²) in [5, 5.41) is 12.7. The van der Waals surface area contributed by atoms with E-state index in [4.69, 9.17) is 9.63 Å². The summed E-state index contributed by atoms with van der Waals surface area (Å²) in [5.41, 5.74) is 2.97. The van der Waals surface area contributed by atoms with Crippen LogP contribution in [0.15, 0.2) is 34.9 Å². The van der Waals surface area contributed by atoms with Crippen LogP contribution in [0.5, 0.6) is 0 Å². The number of hydrogen-bond acceptors (Lipinski definition) is 3. The molecule has 3 nitrogen and oxygen atoms in total. The molecule has 0 aliphatic heterocycles. The van der Waals surface area contributed by atoms with E-state index in [9.17, 15) is 0 Å². The van der Waals surface area contributed by atoms with E-state index < -0.39 is 0 Å². The molecule has 0 aliphatic carbocycles. The Morgan fingerprint density at radius 3 is 2.57 bits per heavy atom. The topological polar surface area (TPSA) is 46.3 Å². The van der Waals surface area contributed by atoms with Crippen LogP contribution in [0.25, 0.3) is 11.3 Å². The normalized spacial score (nSPS) is 10.4. The van der Waals surface area contributed by atoms with Gasteiger partial charge in [0.05, 0.1) is 0 Å². The molecule has 0 bridgehead atoms. The lowest BCUT2D eigenvalue weighted by atomic mass is 10.1. The van der Waals surface area contributed by atoms with Gasteiger partial charge in [-0.2, -0.15) is 0 Å². The fourth-order valence-corrected chi connectivity index (χ4v) is 1.25. The van der Waals surface area contributed by atoms with E-state index in [1.54, 1.807) is 6.07 Å². The molecule has 1 N–H and O–H groups in total. The van der Waals surface area contributed by atoms with Gasteiger partial charge in [-0.1, -0.05) is 35.0 Å². The monoisotopic (exact) mass is 189 g/mol. The first-order chi connectivity index (χ1) is 6.79. The zero-order valence-corrected chi connectivity index (χ0v) is 7.90. The Morgan fingerprint density at radius 2 is 2.00 bits per heavy atom. The van der Waals surface area contributed by atoms with Crippen molar-refractivity contribution in [1.29, 1.82) is 0 Å². The highest BCUT2D eigenvalue weighted by Gasteiger charge is 2.04. The van der Waals surface area contributed by atoms with Gasteiger partial charge in [-0.25, -0.2) is 0 Å². The van der Waals surface area contributed by atoms with E-state index >= 15 is 0 Å². The molecule has 72 valence electrons. The third kappa shape index (κ3) is 1.67. The lowest BCUT2D eigenvalue weighted by molar-refractivity contribution is 0.229. The van der Waals surface area contributed by atoms with Crippen LogP contribution in [0.2, 0.25) is 0 Å². The molecule has 0 aliphatic rings. The second kappa shape index (κ2) is 3.64. The van der Waals surface area contributed by atoms with Gasteiger partial charge in [0.1, 0.15) is 12.3 Å². The van der Waals surface area contributed by atoms with Gasteiger partial charge in [-0.3, -0.25) is 0 Å². The summed E-state index contributed by atoms with van der Waals surface area (Å²) >= 11 is 0. The molecule has 1 aromatic carbocycles. The van der Waals surface area contributed by atoms with E-state index in [0.717, 1.165) is 11.3 Å². The van der Waals surface area contributed by atoms with Crippen LogP contribution in [-0.2, 0) is 6.61 Å². The first kappa shape index (κ1) is 8.97. The van der Waals surface area contributed by atoms with Crippen LogP contribution in [0.1, 0.15) is 11.3 Å². The molecule has 0 saturated carbocycles. The Labute approximate surface area is 82.0 Å². The Kier molecular flexibility index (Phi) is 2.33. The summed E-state index contributed by atoms with van der Waals surface area (Å²) in [6, 6.07) is 9.73. The summed E-state index contributed by atoms with van der Waals surface area (Å²) in [7, 11) is 0. The number of benzene rings is 1. The molecule has 2 aromatic rings. The van der Waals surface area contributed by atoms with Crippen molar-refractivity contribution in [3.05, 3.63) is 41.7 Å². The Bertz CT molecular complexity index is 417. The predicted octanol–water partition coefficient (Wildman–Crippen LogP) is 2.14. The third-order valence-corrected chi connectivity index (χ3v) is 2.06. The highest BCUT2D eigenvalue weighted by atomic mass is 16.5. The molecule has 0 atom stereocenters. The van der Waals surface area contributed by atoms with Crippen molar-refractivity contribution in [2.45, 2.75) is 13.5 Å². The minimum Gasteiger partial charge on any atom is -0.388 e. The molecule has 1 heterocycles. The van der Waals surface area contributed by atoms with Gasteiger partial charge in [0.15, 0.2) is 5.76 Å². The van der Waals surface area contributed by atoms with E-state index in [1.165, 1.54) is 5.56 Å². The van der Waals surface area contributed by atoms with Gasteiger partial charge >= 0.3 is 0 Å². The van der Waals surface area contributed by atoms with Crippen LogP contribution >= 0.6 is 0 Å². The first-order valence-corrected chi connectivity index (χ1v) is 4.43. The molecule has 0 fully saturated rings. The number of aromatic nitrogens is 1. The van der Waals surface area contributed by atoms with Gasteiger partial charge < -0.3 is 9.63 Å². The fraction of sp³-hybridized carbons (Fsp3) is 0.182. The molecular formula is C11H11NO2. The minimum absolute atomic E-state index is 0.112. The highest BCUT2D eigenvalue weighted by Crippen LogP contribution is 2.19. The van der Waals surface area contributed by atoms with Crippen molar-refractivity contribution < 1.29 is 9.63 Å². The molecule has 2 rings (SSSR count). The quantitative estimate of drug-likeness (QED) is 0.787. The number of hydrogen-bond donors (Lipinski definition) is 1. The van der Waals surface area contributed by atoms with Crippen LogP contribution in [0.3, 0.4) is 0 Å². The molecular weight excluding hydrogens is 178 g/mol. The van der Waals surface area contributed by atoms with Crippen molar-refractivity contribution in [3.63, 3.8) is 0 Å². The summed E-state index contributed by atoms with van der Waals surface area (Å²) in [6.45, 7) is 1.92. The first-order valence-electron chi connectivity index (χ1n) is 4.43. The Morgan fingerprint density at radius 1 is 1.29 bits per heavy atom. The molecule has 0 unspecified atom stereocenters. The van der Waals surface area contributed by atoms with Gasteiger partial charge in [0.25, 0.3) is 0 Å². The lowest BCUT2D eigenvalue weighted by Crippen LogP contribution is -1.77. The maximum absolute atomic E-state index is 8.81. The average Bonchev–Trinajstić information content (AvgIpc) is 2.67. The van der Waals surface area contributed by atoms with Crippen molar-refractivity contribution in [2.75, 3.05) is 0 Å². The molecule has 0 spiro atoms. The second-order valence-electron chi connectivity index (χ2n) is 3.20. The summed E-state index contributed by atoms with van der Waals surface area (Å²) in [6.07, 6.45) is 0. The molecule has 0 amide bonds. The molecule has 0 saturated heterocycles. The van der Waals surface area contributed by atoms with Crippen molar-refractivity contribution >= 4 is 0 Å². The molecule has 1 aromatic heterocycles. The van der Waals surface area contributed by atoms with Crippen LogP contribution < -0.4 is 0 Å². The Balaban J connectivity index is 2.34. The SMILES string of the molecule is Cc1ccc(-c2cc(CO)on2)cc1. The lowest BCUT2D eigenvalue weighted by Gasteiger charge is -1.95. The van der Waals surface area contributed by atoms with Gasteiger partial charge in [0.2, 0.25) is 0 Å². The van der Waals surface area contributed by atoms with Crippen molar-refractivity contribution in [1.82, 2.24) is 5.16 Å². The van der Waals surface area contributed by atoms with Gasteiger partial charge in [0, 0.05) is 11.6 Å². The van der Waals surface area contributed by atoms with E-state index in [0.29, 0.717) is 5.76 Å². The summed E-state index contributed by atoms with van der Waals surface area (Å²) < 4.78 is 4.90.